The topological polar surface area (TPSA) is 49.4 Å². The Kier molecular flexibility index (Phi) is 7.69. The first-order chi connectivity index (χ1) is 12.8. The van der Waals surface area contributed by atoms with Crippen LogP contribution in [0.2, 0.25) is 10.0 Å². The van der Waals surface area contributed by atoms with E-state index in [1.54, 1.807) is 30.0 Å². The second kappa shape index (κ2) is 9.77. The Morgan fingerprint density at radius 1 is 1.11 bits per heavy atom. The Morgan fingerprint density at radius 3 is 2.44 bits per heavy atom. The minimum atomic E-state index is -0.617. The molecule has 0 fully saturated rings. The highest BCUT2D eigenvalue weighted by molar-refractivity contribution is 6.35. The zero-order chi connectivity index (χ0) is 20.0. The van der Waals surface area contributed by atoms with E-state index in [9.17, 15) is 9.59 Å². The molecule has 1 atom stereocenters. The number of amides is 2. The fraction of sp³-hybridized carbons (Fsp3) is 0.333. The molecule has 0 aliphatic heterocycles. The van der Waals surface area contributed by atoms with Crippen LogP contribution in [-0.4, -0.2) is 29.3 Å². The van der Waals surface area contributed by atoms with E-state index in [1.165, 1.54) is 0 Å². The second-order valence-corrected chi connectivity index (χ2v) is 7.27. The molecule has 2 aromatic carbocycles. The third-order valence-electron chi connectivity index (χ3n) is 4.48. The molecule has 0 aliphatic carbocycles. The number of nitrogens with zero attached hydrogens (tertiary/aromatic N) is 1. The molecule has 4 nitrogen and oxygen atoms in total. The molecule has 0 unspecified atom stereocenters. The predicted molar refractivity (Wildman–Crippen MR) is 110 cm³/mol. The lowest BCUT2D eigenvalue weighted by Gasteiger charge is -2.29. The van der Waals surface area contributed by atoms with Crippen LogP contribution in [0.25, 0.3) is 0 Å². The van der Waals surface area contributed by atoms with Crippen molar-refractivity contribution < 1.29 is 9.59 Å². The van der Waals surface area contributed by atoms with Crippen molar-refractivity contribution in [3.63, 3.8) is 0 Å². The molecule has 2 amide bonds. The minimum absolute atomic E-state index is 0.130. The van der Waals surface area contributed by atoms with Crippen LogP contribution in [0.4, 0.5) is 0 Å². The number of likely N-dealkylation sites (N-methyl/N-ethyl adjacent to an activating group) is 1. The first-order valence-electron chi connectivity index (χ1n) is 8.89. The number of nitrogens with one attached hydrogen (secondary N) is 1. The summed E-state index contributed by atoms with van der Waals surface area (Å²) < 4.78 is 0. The molecule has 0 radical (unpaired) electrons. The Bertz CT molecular complexity index is 824. The molecule has 0 bridgehead atoms. The maximum atomic E-state index is 13.1. The van der Waals surface area contributed by atoms with Crippen molar-refractivity contribution in [1.29, 1.82) is 0 Å². The molecule has 6 heteroatoms. The first kappa shape index (κ1) is 21.3. The van der Waals surface area contributed by atoms with Gasteiger partial charge in [0.05, 0.1) is 6.42 Å². The molecule has 0 aromatic heterocycles. The van der Waals surface area contributed by atoms with E-state index in [2.05, 4.69) is 5.32 Å². The maximum Gasteiger partial charge on any atom is 0.242 e. The molecule has 0 spiro atoms. The van der Waals surface area contributed by atoms with E-state index in [0.717, 1.165) is 16.7 Å². The van der Waals surface area contributed by atoms with Gasteiger partial charge >= 0.3 is 0 Å². The predicted octanol–water partition coefficient (Wildman–Crippen LogP) is 4.40. The highest BCUT2D eigenvalue weighted by atomic mass is 35.5. The number of aryl methyl sites for hydroxylation is 1. The Hall–Kier alpha value is -2.04. The summed E-state index contributed by atoms with van der Waals surface area (Å²) in [5.41, 5.74) is 2.73. The van der Waals surface area contributed by atoms with Gasteiger partial charge in [-0.25, -0.2) is 0 Å². The summed E-state index contributed by atoms with van der Waals surface area (Å²) >= 11 is 12.3. The first-order valence-corrected chi connectivity index (χ1v) is 9.64. The molecule has 0 saturated carbocycles. The van der Waals surface area contributed by atoms with Crippen LogP contribution in [0, 0.1) is 6.92 Å². The van der Waals surface area contributed by atoms with Gasteiger partial charge in [-0.3, -0.25) is 9.59 Å². The van der Waals surface area contributed by atoms with E-state index in [0.29, 0.717) is 16.6 Å². The summed E-state index contributed by atoms with van der Waals surface area (Å²) in [7, 11) is 0. The molecule has 0 saturated heterocycles. The van der Waals surface area contributed by atoms with Crippen LogP contribution >= 0.6 is 23.2 Å². The summed E-state index contributed by atoms with van der Waals surface area (Å²) in [4.78, 5) is 27.0. The van der Waals surface area contributed by atoms with Crippen LogP contribution < -0.4 is 5.32 Å². The summed E-state index contributed by atoms with van der Waals surface area (Å²) in [6.07, 6.45) is 0.224. The molecule has 0 aliphatic rings. The maximum absolute atomic E-state index is 13.1. The molecule has 2 rings (SSSR count). The highest BCUT2D eigenvalue weighted by Crippen LogP contribution is 2.23. The van der Waals surface area contributed by atoms with Crippen molar-refractivity contribution >= 4 is 35.0 Å². The molecule has 144 valence electrons. The lowest BCUT2D eigenvalue weighted by molar-refractivity contribution is -0.140. The van der Waals surface area contributed by atoms with Crippen LogP contribution in [0.5, 0.6) is 0 Å². The van der Waals surface area contributed by atoms with Gasteiger partial charge in [-0.2, -0.15) is 0 Å². The molecule has 2 aromatic rings. The number of halogens is 2. The van der Waals surface area contributed by atoms with Gasteiger partial charge in [-0.05, 0) is 49.6 Å². The van der Waals surface area contributed by atoms with Crippen molar-refractivity contribution in [3.8, 4) is 0 Å². The average molecular weight is 407 g/mol. The van der Waals surface area contributed by atoms with Crippen LogP contribution in [0.1, 0.15) is 30.5 Å². The zero-order valence-corrected chi connectivity index (χ0v) is 17.3. The lowest BCUT2D eigenvalue weighted by atomic mass is 10.0. The summed E-state index contributed by atoms with van der Waals surface area (Å²) in [5, 5.41) is 3.78. The number of carbonyl (C=O) groups excluding carboxylic acids is 2. The lowest BCUT2D eigenvalue weighted by Crippen LogP contribution is -2.48. The van der Waals surface area contributed by atoms with E-state index in [-0.39, 0.29) is 24.8 Å². The van der Waals surface area contributed by atoms with Gasteiger partial charge in [-0.15, -0.1) is 0 Å². The van der Waals surface area contributed by atoms with Gasteiger partial charge in [-0.1, -0.05) is 53.5 Å². The van der Waals surface area contributed by atoms with Gasteiger partial charge in [0.1, 0.15) is 6.04 Å². The van der Waals surface area contributed by atoms with E-state index >= 15 is 0 Å². The average Bonchev–Trinajstić information content (AvgIpc) is 2.62. The van der Waals surface area contributed by atoms with Gasteiger partial charge in [0.15, 0.2) is 0 Å². The summed E-state index contributed by atoms with van der Waals surface area (Å²) in [6.45, 7) is 6.28. The summed E-state index contributed by atoms with van der Waals surface area (Å²) in [5.74, 6) is -0.324. The third kappa shape index (κ3) is 5.72. The second-order valence-electron chi connectivity index (χ2n) is 6.43. The molecule has 27 heavy (non-hydrogen) atoms. The Labute approximate surface area is 170 Å². The van der Waals surface area contributed by atoms with E-state index in [4.69, 9.17) is 23.2 Å². The molecule has 0 heterocycles. The number of hydrogen-bond acceptors (Lipinski definition) is 2. The highest BCUT2D eigenvalue weighted by Gasteiger charge is 2.26. The third-order valence-corrected chi connectivity index (χ3v) is 5.06. The van der Waals surface area contributed by atoms with Gasteiger partial charge in [0, 0.05) is 23.1 Å². The van der Waals surface area contributed by atoms with Crippen molar-refractivity contribution in [2.75, 3.05) is 6.54 Å². The summed E-state index contributed by atoms with van der Waals surface area (Å²) in [6, 6.07) is 12.3. The van der Waals surface area contributed by atoms with Crippen molar-refractivity contribution in [2.24, 2.45) is 0 Å². The monoisotopic (exact) mass is 406 g/mol. The standard InChI is InChI=1S/C21H24Cl2N2O2/c1-4-24-21(27)15(3)25(13-17-9-10-18(22)12-19(17)23)20(26)11-16-8-6-5-7-14(16)2/h5-10,12,15H,4,11,13H2,1-3H3,(H,24,27)/t15-/m0/s1. The number of carbonyl (C=O) groups is 2. The van der Waals surface area contributed by atoms with Gasteiger partial charge in [0.25, 0.3) is 0 Å². The fourth-order valence-electron chi connectivity index (χ4n) is 2.81. The van der Waals surface area contributed by atoms with Gasteiger partial charge < -0.3 is 10.2 Å². The normalized spacial score (nSPS) is 11.7. The molecular weight excluding hydrogens is 383 g/mol. The van der Waals surface area contributed by atoms with Crippen LogP contribution in [0.15, 0.2) is 42.5 Å². The molecule has 1 N–H and O–H groups in total. The minimum Gasteiger partial charge on any atom is -0.355 e. The number of benzene rings is 2. The van der Waals surface area contributed by atoms with Crippen LogP contribution in [-0.2, 0) is 22.6 Å². The van der Waals surface area contributed by atoms with Crippen molar-refractivity contribution in [3.05, 3.63) is 69.2 Å². The largest absolute Gasteiger partial charge is 0.355 e. The van der Waals surface area contributed by atoms with E-state index < -0.39 is 6.04 Å². The van der Waals surface area contributed by atoms with Crippen molar-refractivity contribution in [1.82, 2.24) is 10.2 Å². The number of hydrogen-bond donors (Lipinski definition) is 1. The molecular formula is C21H24Cl2N2O2. The fourth-order valence-corrected chi connectivity index (χ4v) is 3.28. The quantitative estimate of drug-likeness (QED) is 0.740. The Balaban J connectivity index is 2.29. The number of rotatable bonds is 7. The van der Waals surface area contributed by atoms with E-state index in [1.807, 2.05) is 38.1 Å². The van der Waals surface area contributed by atoms with Crippen molar-refractivity contribution in [2.45, 2.75) is 39.8 Å². The zero-order valence-electron chi connectivity index (χ0n) is 15.8. The Morgan fingerprint density at radius 2 is 1.81 bits per heavy atom. The SMILES string of the molecule is CCNC(=O)[C@H](C)N(Cc1ccc(Cl)cc1Cl)C(=O)Cc1ccccc1C. The van der Waals surface area contributed by atoms with Gasteiger partial charge in [0.2, 0.25) is 11.8 Å². The van der Waals surface area contributed by atoms with Crippen LogP contribution in [0.3, 0.4) is 0 Å². The smallest absolute Gasteiger partial charge is 0.242 e.